The molecule has 0 fully saturated rings. The molecule has 4 aromatic heterocycles. The van der Waals surface area contributed by atoms with Gasteiger partial charge in [0.15, 0.2) is 16.7 Å². The monoisotopic (exact) mass is 316 g/mol. The molecule has 9 heteroatoms. The van der Waals surface area contributed by atoms with Crippen molar-refractivity contribution in [3.63, 3.8) is 0 Å². The van der Waals surface area contributed by atoms with E-state index < -0.39 is 0 Å². The average molecular weight is 316 g/mol. The normalized spacial score (nSPS) is 11.6. The fourth-order valence-electron chi connectivity index (χ4n) is 2.25. The molecule has 0 N–H and O–H groups in total. The molecule has 0 unspecified atom stereocenters. The molecule has 0 bridgehead atoms. The minimum atomic E-state index is 0.573. The molecular weight excluding hydrogens is 304 g/mol. The van der Waals surface area contributed by atoms with Gasteiger partial charge in [-0.2, -0.15) is 9.61 Å². The average Bonchev–Trinajstić information content (AvgIpc) is 3.21. The number of fused-ring (bicyclic) bond motifs is 1. The third-order valence-corrected chi connectivity index (χ3v) is 4.33. The van der Waals surface area contributed by atoms with Gasteiger partial charge in [0.05, 0.1) is 5.69 Å². The van der Waals surface area contributed by atoms with Crippen LogP contribution in [0.2, 0.25) is 0 Å². The molecule has 0 atom stereocenters. The number of hydrogen-bond acceptors (Lipinski definition) is 8. The predicted molar refractivity (Wildman–Crippen MR) is 77.7 cm³/mol. The summed E-state index contributed by atoms with van der Waals surface area (Å²) in [5.74, 6) is 2.14. The molecule has 112 valence electrons. The van der Waals surface area contributed by atoms with Gasteiger partial charge in [0, 0.05) is 18.9 Å². The molecule has 22 heavy (non-hydrogen) atoms. The van der Waals surface area contributed by atoms with Crippen molar-refractivity contribution >= 4 is 16.3 Å². The van der Waals surface area contributed by atoms with Crippen LogP contribution in [0.1, 0.15) is 28.7 Å². The van der Waals surface area contributed by atoms with E-state index >= 15 is 0 Å². The first kappa shape index (κ1) is 13.1. The molecule has 4 aromatic rings. The van der Waals surface area contributed by atoms with Gasteiger partial charge in [-0.15, -0.1) is 10.2 Å². The Morgan fingerprint density at radius 1 is 1.23 bits per heavy atom. The number of aromatic nitrogens is 6. The highest BCUT2D eigenvalue weighted by atomic mass is 32.1. The van der Waals surface area contributed by atoms with Crippen molar-refractivity contribution in [1.29, 1.82) is 0 Å². The smallest absolute Gasteiger partial charge is 0.235 e. The van der Waals surface area contributed by atoms with Crippen LogP contribution in [0.4, 0.5) is 0 Å². The van der Waals surface area contributed by atoms with Crippen molar-refractivity contribution in [3.05, 3.63) is 35.0 Å². The van der Waals surface area contributed by atoms with Crippen molar-refractivity contribution in [3.8, 4) is 10.7 Å². The second-order valence-corrected chi connectivity index (χ2v) is 5.91. The first-order valence-corrected chi connectivity index (χ1v) is 7.49. The van der Waals surface area contributed by atoms with Gasteiger partial charge in [-0.3, -0.25) is 0 Å². The van der Waals surface area contributed by atoms with E-state index in [1.807, 2.05) is 13.8 Å². The molecular formula is C13H12N6O2S. The van der Waals surface area contributed by atoms with Gasteiger partial charge in [0.2, 0.25) is 4.96 Å². The van der Waals surface area contributed by atoms with Crippen molar-refractivity contribution in [2.45, 2.75) is 27.2 Å². The SMILES string of the molecule is Cc1nc(-c2nn3c(Cc4c(C)noc4C)nnc3s2)co1. The zero-order chi connectivity index (χ0) is 15.3. The Morgan fingerprint density at radius 2 is 2.09 bits per heavy atom. The molecule has 4 rings (SSSR count). The lowest BCUT2D eigenvalue weighted by molar-refractivity contribution is 0.392. The Hall–Kier alpha value is -2.55. The summed E-state index contributed by atoms with van der Waals surface area (Å²) in [5, 5.41) is 17.6. The van der Waals surface area contributed by atoms with Crippen molar-refractivity contribution in [2.75, 3.05) is 0 Å². The zero-order valence-corrected chi connectivity index (χ0v) is 13.0. The summed E-state index contributed by atoms with van der Waals surface area (Å²) in [7, 11) is 0. The highest BCUT2D eigenvalue weighted by Crippen LogP contribution is 2.25. The first-order chi connectivity index (χ1) is 10.6. The molecule has 0 aliphatic rings. The van der Waals surface area contributed by atoms with Gasteiger partial charge in [-0.05, 0) is 13.8 Å². The fraction of sp³-hybridized carbons (Fsp3) is 0.308. The quantitative estimate of drug-likeness (QED) is 0.572. The fourth-order valence-corrected chi connectivity index (χ4v) is 3.05. The van der Waals surface area contributed by atoms with Crippen LogP contribution in [0.15, 0.2) is 15.2 Å². The third kappa shape index (κ3) is 2.01. The third-order valence-electron chi connectivity index (χ3n) is 3.41. The minimum Gasteiger partial charge on any atom is -0.449 e. The Kier molecular flexibility index (Phi) is 2.83. The van der Waals surface area contributed by atoms with E-state index in [0.717, 1.165) is 32.8 Å². The maximum Gasteiger partial charge on any atom is 0.235 e. The molecule has 4 heterocycles. The standard InChI is InChI=1S/C13H12N6O2S/c1-6-9(7(2)21-18-6)4-11-15-16-13-19(11)17-12(22-13)10-5-20-8(3)14-10/h5H,4H2,1-3H3. The Morgan fingerprint density at radius 3 is 2.77 bits per heavy atom. The summed E-state index contributed by atoms with van der Waals surface area (Å²) in [6.45, 7) is 5.60. The van der Waals surface area contributed by atoms with E-state index in [9.17, 15) is 0 Å². The number of hydrogen-bond donors (Lipinski definition) is 0. The summed E-state index contributed by atoms with van der Waals surface area (Å²) < 4.78 is 12.1. The maximum atomic E-state index is 5.23. The number of rotatable bonds is 3. The number of nitrogens with zero attached hydrogens (tertiary/aromatic N) is 6. The Bertz CT molecular complexity index is 943. The number of aryl methyl sites for hydroxylation is 3. The second kappa shape index (κ2) is 4.73. The van der Waals surface area contributed by atoms with E-state index in [1.54, 1.807) is 17.7 Å². The van der Waals surface area contributed by atoms with Gasteiger partial charge in [0.1, 0.15) is 17.7 Å². The molecule has 0 aliphatic heterocycles. The molecule has 0 aromatic carbocycles. The largest absolute Gasteiger partial charge is 0.449 e. The van der Waals surface area contributed by atoms with Crippen molar-refractivity contribution < 1.29 is 8.94 Å². The Labute approximate surface area is 128 Å². The van der Waals surface area contributed by atoms with Crippen LogP contribution in [0.3, 0.4) is 0 Å². The summed E-state index contributed by atoms with van der Waals surface area (Å²) >= 11 is 1.42. The summed E-state index contributed by atoms with van der Waals surface area (Å²) in [6, 6.07) is 0. The van der Waals surface area contributed by atoms with Crippen LogP contribution < -0.4 is 0 Å². The molecule has 0 saturated heterocycles. The van der Waals surface area contributed by atoms with E-state index in [2.05, 4.69) is 25.4 Å². The second-order valence-electron chi connectivity index (χ2n) is 4.95. The van der Waals surface area contributed by atoms with Crippen LogP contribution in [0.25, 0.3) is 15.7 Å². The van der Waals surface area contributed by atoms with Gasteiger partial charge < -0.3 is 8.94 Å². The highest BCUT2D eigenvalue weighted by Gasteiger charge is 2.18. The first-order valence-electron chi connectivity index (χ1n) is 6.67. The number of oxazole rings is 1. The molecule has 0 amide bonds. The van der Waals surface area contributed by atoms with E-state index in [1.165, 1.54) is 11.3 Å². The lowest BCUT2D eigenvalue weighted by Crippen LogP contribution is -1.99. The van der Waals surface area contributed by atoms with E-state index in [-0.39, 0.29) is 0 Å². The van der Waals surface area contributed by atoms with Crippen molar-refractivity contribution in [2.24, 2.45) is 0 Å². The summed E-state index contributed by atoms with van der Waals surface area (Å²) in [6.07, 6.45) is 2.17. The molecule has 0 radical (unpaired) electrons. The lowest BCUT2D eigenvalue weighted by atomic mass is 10.1. The van der Waals surface area contributed by atoms with Crippen LogP contribution in [0.5, 0.6) is 0 Å². The molecule has 8 nitrogen and oxygen atoms in total. The van der Waals surface area contributed by atoms with Gasteiger partial charge in [-0.25, -0.2) is 4.98 Å². The summed E-state index contributed by atoms with van der Waals surface area (Å²) in [4.78, 5) is 5.00. The van der Waals surface area contributed by atoms with Crippen LogP contribution in [0, 0.1) is 20.8 Å². The molecule has 0 saturated carbocycles. The van der Waals surface area contributed by atoms with E-state index in [4.69, 9.17) is 8.94 Å². The Balaban J connectivity index is 1.75. The summed E-state index contributed by atoms with van der Waals surface area (Å²) in [5.41, 5.74) is 2.58. The zero-order valence-electron chi connectivity index (χ0n) is 12.2. The van der Waals surface area contributed by atoms with Crippen LogP contribution >= 0.6 is 11.3 Å². The van der Waals surface area contributed by atoms with E-state index in [0.29, 0.717) is 18.0 Å². The van der Waals surface area contributed by atoms with Gasteiger partial charge in [0.25, 0.3) is 0 Å². The maximum absolute atomic E-state index is 5.23. The lowest BCUT2D eigenvalue weighted by Gasteiger charge is -1.96. The molecule has 0 spiro atoms. The van der Waals surface area contributed by atoms with Crippen LogP contribution in [-0.2, 0) is 6.42 Å². The van der Waals surface area contributed by atoms with Gasteiger partial charge >= 0.3 is 0 Å². The van der Waals surface area contributed by atoms with Gasteiger partial charge in [-0.1, -0.05) is 16.5 Å². The topological polar surface area (TPSA) is 95.1 Å². The highest BCUT2D eigenvalue weighted by molar-refractivity contribution is 7.19. The van der Waals surface area contributed by atoms with Crippen molar-refractivity contribution in [1.82, 2.24) is 30.0 Å². The molecule has 0 aliphatic carbocycles. The minimum absolute atomic E-state index is 0.573. The predicted octanol–water partition coefficient (Wildman–Crippen LogP) is 2.34. The van der Waals surface area contributed by atoms with Crippen LogP contribution in [-0.4, -0.2) is 30.0 Å².